The summed E-state index contributed by atoms with van der Waals surface area (Å²) >= 11 is 5.87. The third-order valence-corrected chi connectivity index (χ3v) is 5.81. The molecule has 1 heteroatoms. The highest BCUT2D eigenvalue weighted by atomic mass is 32.1. The molecule has 0 radical (unpaired) electrons. The van der Waals surface area contributed by atoms with Gasteiger partial charge in [-0.2, -0.15) is 0 Å². The molecule has 4 aromatic carbocycles. The molecule has 0 aliphatic rings. The smallest absolute Gasteiger partial charge is 0.0455 e. The van der Waals surface area contributed by atoms with Crippen molar-refractivity contribution < 1.29 is 0 Å². The van der Waals surface area contributed by atoms with Crippen LogP contribution in [-0.4, -0.2) is 4.86 Å². The molecule has 0 aliphatic heterocycles. The second-order valence-electron chi connectivity index (χ2n) is 7.99. The molecule has 0 saturated heterocycles. The third kappa shape index (κ3) is 5.38. The zero-order valence-electron chi connectivity index (χ0n) is 18.5. The van der Waals surface area contributed by atoms with Crippen molar-refractivity contribution in [1.29, 1.82) is 0 Å². The minimum Gasteiger partial charge on any atom is -0.0794 e. The van der Waals surface area contributed by atoms with Gasteiger partial charge >= 0.3 is 0 Å². The summed E-state index contributed by atoms with van der Waals surface area (Å²) in [6.07, 6.45) is 4.40. The first-order chi connectivity index (χ1) is 15.6. The highest BCUT2D eigenvalue weighted by Crippen LogP contribution is 2.34. The Kier molecular flexibility index (Phi) is 6.89. The van der Waals surface area contributed by atoms with E-state index >= 15 is 0 Å². The Morgan fingerprint density at radius 1 is 0.531 bits per heavy atom. The SMILES string of the molecule is Cc1ccc(/C=C(/C(=C\C(=S)c2ccccc2)c2ccc(C)cc2)c2ccccc2)cc1. The van der Waals surface area contributed by atoms with Crippen LogP contribution in [0.1, 0.15) is 33.4 Å². The van der Waals surface area contributed by atoms with Gasteiger partial charge in [-0.05, 0) is 59.4 Å². The van der Waals surface area contributed by atoms with Crippen molar-refractivity contribution in [2.45, 2.75) is 13.8 Å². The van der Waals surface area contributed by atoms with Crippen molar-refractivity contribution in [3.63, 3.8) is 0 Å². The van der Waals surface area contributed by atoms with Gasteiger partial charge in [0.2, 0.25) is 0 Å². The van der Waals surface area contributed by atoms with Crippen molar-refractivity contribution in [2.24, 2.45) is 0 Å². The molecule has 0 amide bonds. The van der Waals surface area contributed by atoms with E-state index < -0.39 is 0 Å². The predicted molar refractivity (Wildman–Crippen MR) is 143 cm³/mol. The van der Waals surface area contributed by atoms with E-state index in [1.807, 2.05) is 18.2 Å². The van der Waals surface area contributed by atoms with Gasteiger partial charge < -0.3 is 0 Å². The average Bonchev–Trinajstić information content (AvgIpc) is 2.84. The first kappa shape index (κ1) is 21.7. The molecule has 0 bridgehead atoms. The van der Waals surface area contributed by atoms with Crippen LogP contribution >= 0.6 is 12.2 Å². The van der Waals surface area contributed by atoms with Crippen LogP contribution in [0.25, 0.3) is 17.2 Å². The van der Waals surface area contributed by atoms with Gasteiger partial charge in [0.05, 0.1) is 0 Å². The maximum Gasteiger partial charge on any atom is 0.0455 e. The number of hydrogen-bond acceptors (Lipinski definition) is 1. The van der Waals surface area contributed by atoms with Crippen LogP contribution in [0.15, 0.2) is 115 Å². The minimum absolute atomic E-state index is 0.826. The number of hydrogen-bond donors (Lipinski definition) is 0. The molecule has 0 aliphatic carbocycles. The van der Waals surface area contributed by atoms with Crippen molar-refractivity contribution >= 4 is 34.3 Å². The molecule has 0 N–H and O–H groups in total. The molecule has 0 fully saturated rings. The molecule has 0 unspecified atom stereocenters. The fraction of sp³-hybridized carbons (Fsp3) is 0.0645. The highest BCUT2D eigenvalue weighted by molar-refractivity contribution is 7.81. The second-order valence-corrected chi connectivity index (χ2v) is 8.43. The van der Waals surface area contributed by atoms with Gasteiger partial charge in [0.25, 0.3) is 0 Å². The summed E-state index contributed by atoms with van der Waals surface area (Å²) in [5.41, 5.74) is 9.28. The summed E-state index contributed by atoms with van der Waals surface area (Å²) in [5.74, 6) is 0. The molecule has 0 nitrogen and oxygen atoms in total. The summed E-state index contributed by atoms with van der Waals surface area (Å²) in [4.78, 5) is 0.826. The topological polar surface area (TPSA) is 0 Å². The van der Waals surface area contributed by atoms with E-state index in [2.05, 4.69) is 117 Å². The lowest BCUT2D eigenvalue weighted by molar-refractivity contribution is 1.45. The van der Waals surface area contributed by atoms with E-state index in [-0.39, 0.29) is 0 Å². The van der Waals surface area contributed by atoms with Gasteiger partial charge in [-0.1, -0.05) is 133 Å². The fourth-order valence-electron chi connectivity index (χ4n) is 3.63. The van der Waals surface area contributed by atoms with Gasteiger partial charge in [-0.3, -0.25) is 0 Å². The van der Waals surface area contributed by atoms with Gasteiger partial charge in [0.1, 0.15) is 0 Å². The van der Waals surface area contributed by atoms with Crippen LogP contribution in [0.5, 0.6) is 0 Å². The Hall–Kier alpha value is -3.55. The van der Waals surface area contributed by atoms with Crippen LogP contribution in [-0.2, 0) is 0 Å². The second kappa shape index (κ2) is 10.2. The standard InChI is InChI=1S/C31H26S/c1-23-13-17-25(18-14-23)21-29(26-9-5-3-6-10-26)30(27-19-15-24(2)16-20-27)22-31(32)28-11-7-4-8-12-28/h3-22H,1-2H3/b29-21+,30-22-. The number of rotatable bonds is 6. The van der Waals surface area contributed by atoms with E-state index in [4.69, 9.17) is 12.2 Å². The number of allylic oxidation sites excluding steroid dienone is 3. The zero-order valence-corrected chi connectivity index (χ0v) is 19.3. The average molecular weight is 431 g/mol. The Labute approximate surface area is 196 Å². The molecule has 32 heavy (non-hydrogen) atoms. The van der Waals surface area contributed by atoms with Gasteiger partial charge in [-0.15, -0.1) is 0 Å². The molecule has 0 heterocycles. The minimum atomic E-state index is 0.826. The first-order valence-corrected chi connectivity index (χ1v) is 11.2. The maximum atomic E-state index is 5.87. The summed E-state index contributed by atoms with van der Waals surface area (Å²) in [6.45, 7) is 4.23. The maximum absolute atomic E-state index is 5.87. The molecule has 0 spiro atoms. The lowest BCUT2D eigenvalue weighted by atomic mass is 9.89. The largest absolute Gasteiger partial charge is 0.0794 e. The van der Waals surface area contributed by atoms with Crippen LogP contribution < -0.4 is 0 Å². The van der Waals surface area contributed by atoms with Gasteiger partial charge in [0, 0.05) is 4.86 Å². The molecule has 0 aromatic heterocycles. The van der Waals surface area contributed by atoms with E-state index in [0.717, 1.165) is 38.3 Å². The monoisotopic (exact) mass is 430 g/mol. The van der Waals surface area contributed by atoms with E-state index in [1.54, 1.807) is 0 Å². The van der Waals surface area contributed by atoms with Crippen molar-refractivity contribution in [3.8, 4) is 0 Å². The lowest BCUT2D eigenvalue weighted by Gasteiger charge is -2.15. The van der Waals surface area contributed by atoms with Gasteiger partial charge in [0.15, 0.2) is 0 Å². The molecule has 0 atom stereocenters. The fourth-order valence-corrected chi connectivity index (χ4v) is 3.88. The van der Waals surface area contributed by atoms with E-state index in [0.29, 0.717) is 0 Å². The van der Waals surface area contributed by atoms with Crippen molar-refractivity contribution in [1.82, 2.24) is 0 Å². The van der Waals surface area contributed by atoms with E-state index in [9.17, 15) is 0 Å². The lowest BCUT2D eigenvalue weighted by Crippen LogP contribution is -1.98. The summed E-state index contributed by atoms with van der Waals surface area (Å²) in [7, 11) is 0. The van der Waals surface area contributed by atoms with Crippen molar-refractivity contribution in [3.05, 3.63) is 149 Å². The van der Waals surface area contributed by atoms with Crippen LogP contribution in [0.4, 0.5) is 0 Å². The number of benzene rings is 4. The number of aryl methyl sites for hydroxylation is 2. The third-order valence-electron chi connectivity index (χ3n) is 5.46. The van der Waals surface area contributed by atoms with E-state index in [1.165, 1.54) is 11.1 Å². The molecule has 0 saturated carbocycles. The Morgan fingerprint density at radius 3 is 1.56 bits per heavy atom. The Balaban J connectivity index is 1.92. The molecular weight excluding hydrogens is 404 g/mol. The normalized spacial score (nSPS) is 11.9. The van der Waals surface area contributed by atoms with Crippen LogP contribution in [0.2, 0.25) is 0 Å². The Morgan fingerprint density at radius 2 is 1.00 bits per heavy atom. The van der Waals surface area contributed by atoms with Crippen LogP contribution in [0, 0.1) is 13.8 Å². The van der Waals surface area contributed by atoms with Crippen LogP contribution in [0.3, 0.4) is 0 Å². The van der Waals surface area contributed by atoms with Gasteiger partial charge in [-0.25, -0.2) is 0 Å². The molecular formula is C31H26S. The summed E-state index contributed by atoms with van der Waals surface area (Å²) in [5, 5.41) is 0. The van der Waals surface area contributed by atoms with Crippen molar-refractivity contribution in [2.75, 3.05) is 0 Å². The summed E-state index contributed by atoms with van der Waals surface area (Å²) < 4.78 is 0. The summed E-state index contributed by atoms with van der Waals surface area (Å²) in [6, 6.07) is 38.1. The zero-order chi connectivity index (χ0) is 22.3. The number of thiocarbonyl (C=S) groups is 1. The predicted octanol–water partition coefficient (Wildman–Crippen LogP) is 8.35. The molecule has 4 aromatic rings. The Bertz CT molecular complexity index is 1240. The highest BCUT2D eigenvalue weighted by Gasteiger charge is 2.13. The molecule has 4 rings (SSSR count). The molecule has 156 valence electrons. The quantitative estimate of drug-likeness (QED) is 0.0973. The first-order valence-electron chi connectivity index (χ1n) is 10.8.